The topological polar surface area (TPSA) is 92.8 Å². The molecule has 1 saturated heterocycles. The number of allylic oxidation sites excluding steroid dienone is 2. The zero-order valence-electron chi connectivity index (χ0n) is 18.2. The van der Waals surface area contributed by atoms with Gasteiger partial charge in [-0.2, -0.15) is 0 Å². The minimum absolute atomic E-state index is 0.0566. The highest BCUT2D eigenvalue weighted by molar-refractivity contribution is 6.08. The van der Waals surface area contributed by atoms with Crippen LogP contribution in [0.1, 0.15) is 45.6 Å². The number of carbonyl (C=O) groups excluding carboxylic acids is 4. The second-order valence-electron chi connectivity index (χ2n) is 8.63. The Morgan fingerprint density at radius 1 is 1.03 bits per heavy atom. The number of hydrogen-bond donors (Lipinski definition) is 1. The highest BCUT2D eigenvalue weighted by Gasteiger charge is 2.51. The zero-order chi connectivity index (χ0) is 22.5. The van der Waals surface area contributed by atoms with Gasteiger partial charge in [0, 0.05) is 6.54 Å². The summed E-state index contributed by atoms with van der Waals surface area (Å²) in [6.07, 6.45) is 4.08. The Balaban J connectivity index is 1.66. The molecule has 1 fully saturated rings. The van der Waals surface area contributed by atoms with Gasteiger partial charge in [-0.05, 0) is 37.7 Å². The second-order valence-corrected chi connectivity index (χ2v) is 8.63. The number of carbonyl (C=O) groups is 4. The SMILES string of the molecule is CC(C)C[C@H](C(=O)O[C@H](C)C(=O)NCc1ccccc1)N1C(=O)[C@H]2CC=CC[C@H]2C1=O. The van der Waals surface area contributed by atoms with Gasteiger partial charge >= 0.3 is 5.97 Å². The van der Waals surface area contributed by atoms with Crippen molar-refractivity contribution >= 4 is 23.7 Å². The highest BCUT2D eigenvalue weighted by atomic mass is 16.5. The first-order valence-corrected chi connectivity index (χ1v) is 10.8. The molecule has 1 aromatic rings. The van der Waals surface area contributed by atoms with Gasteiger partial charge in [-0.25, -0.2) is 4.79 Å². The first-order chi connectivity index (χ1) is 14.8. The van der Waals surface area contributed by atoms with Crippen LogP contribution in [0.15, 0.2) is 42.5 Å². The predicted octanol–water partition coefficient (Wildman–Crippen LogP) is 2.60. The fourth-order valence-corrected chi connectivity index (χ4v) is 4.12. The maximum absolute atomic E-state index is 13.0. The van der Waals surface area contributed by atoms with Crippen LogP contribution in [0.4, 0.5) is 0 Å². The largest absolute Gasteiger partial charge is 0.451 e. The smallest absolute Gasteiger partial charge is 0.330 e. The summed E-state index contributed by atoms with van der Waals surface area (Å²) in [6, 6.07) is 8.38. The van der Waals surface area contributed by atoms with Crippen LogP contribution in [0.5, 0.6) is 0 Å². The van der Waals surface area contributed by atoms with Gasteiger partial charge in [0.15, 0.2) is 6.10 Å². The molecule has 1 heterocycles. The van der Waals surface area contributed by atoms with Gasteiger partial charge in [-0.1, -0.05) is 56.3 Å². The molecule has 1 aromatic carbocycles. The summed E-state index contributed by atoms with van der Waals surface area (Å²) in [5.74, 6) is -2.55. The van der Waals surface area contributed by atoms with Gasteiger partial charge in [0.25, 0.3) is 5.91 Å². The Labute approximate surface area is 182 Å². The molecule has 7 heteroatoms. The van der Waals surface area contributed by atoms with Crippen molar-refractivity contribution in [3.63, 3.8) is 0 Å². The van der Waals surface area contributed by atoms with E-state index >= 15 is 0 Å². The quantitative estimate of drug-likeness (QED) is 0.392. The van der Waals surface area contributed by atoms with E-state index in [2.05, 4.69) is 5.32 Å². The van der Waals surface area contributed by atoms with Crippen LogP contribution in [0.3, 0.4) is 0 Å². The molecule has 0 radical (unpaired) electrons. The fourth-order valence-electron chi connectivity index (χ4n) is 4.12. The van der Waals surface area contributed by atoms with Crippen LogP contribution < -0.4 is 5.32 Å². The lowest BCUT2D eigenvalue weighted by atomic mass is 9.85. The molecule has 0 unspecified atom stereocenters. The van der Waals surface area contributed by atoms with Crippen LogP contribution >= 0.6 is 0 Å². The summed E-state index contributed by atoms with van der Waals surface area (Å²) in [4.78, 5) is 52.4. The molecule has 166 valence electrons. The van der Waals surface area contributed by atoms with Crippen LogP contribution in [-0.2, 0) is 30.5 Å². The van der Waals surface area contributed by atoms with Crippen LogP contribution in [0, 0.1) is 17.8 Å². The normalized spacial score (nSPS) is 22.3. The van der Waals surface area contributed by atoms with Crippen molar-refractivity contribution in [2.75, 3.05) is 0 Å². The van der Waals surface area contributed by atoms with Crippen LogP contribution in [0.2, 0.25) is 0 Å². The van der Waals surface area contributed by atoms with Crippen molar-refractivity contribution in [3.8, 4) is 0 Å². The Hall–Kier alpha value is -2.96. The van der Waals surface area contributed by atoms with E-state index in [0.717, 1.165) is 10.5 Å². The van der Waals surface area contributed by atoms with Gasteiger partial charge in [-0.15, -0.1) is 0 Å². The third-order valence-electron chi connectivity index (χ3n) is 5.79. The second kappa shape index (κ2) is 9.90. The average Bonchev–Trinajstić information content (AvgIpc) is 3.01. The van der Waals surface area contributed by atoms with E-state index < -0.39 is 35.9 Å². The molecule has 3 rings (SSSR count). The Morgan fingerprint density at radius 3 is 2.16 bits per heavy atom. The van der Waals surface area contributed by atoms with Crippen LogP contribution in [0.25, 0.3) is 0 Å². The van der Waals surface area contributed by atoms with Crippen molar-refractivity contribution in [3.05, 3.63) is 48.0 Å². The number of rotatable bonds is 8. The molecule has 0 aromatic heterocycles. The van der Waals surface area contributed by atoms with Gasteiger partial charge in [-0.3, -0.25) is 19.3 Å². The number of hydrogen-bond acceptors (Lipinski definition) is 5. The number of amides is 3. The standard InChI is InChI=1S/C24H30N2O5/c1-15(2)13-20(26-22(28)18-11-7-8-12-19(18)23(26)29)24(30)31-16(3)21(27)25-14-17-9-5-4-6-10-17/h4-10,15-16,18-20H,11-14H2,1-3H3,(H,25,27)/t16-,18-,19+,20-/m1/s1. The number of fused-ring (bicyclic) bond motifs is 1. The van der Waals surface area contributed by atoms with E-state index in [1.54, 1.807) is 0 Å². The van der Waals surface area contributed by atoms with Gasteiger partial charge < -0.3 is 10.1 Å². The maximum atomic E-state index is 13.0. The molecule has 0 bridgehead atoms. The van der Waals surface area contributed by atoms with Crippen molar-refractivity contribution in [1.82, 2.24) is 10.2 Å². The number of likely N-dealkylation sites (tertiary alicyclic amines) is 1. The predicted molar refractivity (Wildman–Crippen MR) is 114 cm³/mol. The maximum Gasteiger partial charge on any atom is 0.330 e. The molecule has 1 N–H and O–H groups in total. The van der Waals surface area contributed by atoms with Crippen LogP contribution in [-0.4, -0.2) is 40.7 Å². The summed E-state index contributed by atoms with van der Waals surface area (Å²) < 4.78 is 5.41. The van der Waals surface area contributed by atoms with E-state index in [-0.39, 0.29) is 17.7 Å². The lowest BCUT2D eigenvalue weighted by Gasteiger charge is -2.27. The van der Waals surface area contributed by atoms with E-state index in [1.165, 1.54) is 6.92 Å². The van der Waals surface area contributed by atoms with Gasteiger partial charge in [0.1, 0.15) is 6.04 Å². The van der Waals surface area contributed by atoms with E-state index in [9.17, 15) is 19.2 Å². The summed E-state index contributed by atoms with van der Waals surface area (Å²) in [5, 5.41) is 2.74. The molecule has 31 heavy (non-hydrogen) atoms. The number of imide groups is 1. The zero-order valence-corrected chi connectivity index (χ0v) is 18.2. The fraction of sp³-hybridized carbons (Fsp3) is 0.500. The number of benzene rings is 1. The molecule has 3 amide bonds. The summed E-state index contributed by atoms with van der Waals surface area (Å²) in [6.45, 7) is 5.63. The first kappa shape index (κ1) is 22.7. The van der Waals surface area contributed by atoms with Gasteiger partial charge in [0.05, 0.1) is 11.8 Å². The van der Waals surface area contributed by atoms with E-state index in [4.69, 9.17) is 4.74 Å². The Morgan fingerprint density at radius 2 is 1.61 bits per heavy atom. The third kappa shape index (κ3) is 5.21. The van der Waals surface area contributed by atoms with E-state index in [0.29, 0.717) is 25.8 Å². The number of nitrogens with one attached hydrogen (secondary N) is 1. The molecule has 2 aliphatic rings. The molecule has 7 nitrogen and oxygen atoms in total. The molecule has 0 spiro atoms. The molecular formula is C24H30N2O5. The summed E-state index contributed by atoms with van der Waals surface area (Å²) >= 11 is 0. The molecule has 0 saturated carbocycles. The lowest BCUT2D eigenvalue weighted by molar-refractivity contribution is -0.165. The molecule has 1 aliphatic heterocycles. The lowest BCUT2D eigenvalue weighted by Crippen LogP contribution is -2.48. The van der Waals surface area contributed by atoms with E-state index in [1.807, 2.05) is 56.3 Å². The summed E-state index contributed by atoms with van der Waals surface area (Å²) in [7, 11) is 0. The minimum Gasteiger partial charge on any atom is -0.451 e. The Kier molecular flexibility index (Phi) is 7.25. The average molecular weight is 427 g/mol. The first-order valence-electron chi connectivity index (χ1n) is 10.8. The number of nitrogens with zero attached hydrogens (tertiary/aromatic N) is 1. The van der Waals surface area contributed by atoms with Crippen molar-refractivity contribution in [2.45, 2.75) is 58.7 Å². The highest BCUT2D eigenvalue weighted by Crippen LogP contribution is 2.37. The van der Waals surface area contributed by atoms with Gasteiger partial charge in [0.2, 0.25) is 11.8 Å². The molecular weight excluding hydrogens is 396 g/mol. The third-order valence-corrected chi connectivity index (χ3v) is 5.79. The molecule has 4 atom stereocenters. The van der Waals surface area contributed by atoms with Crippen molar-refractivity contribution in [1.29, 1.82) is 0 Å². The number of esters is 1. The number of ether oxygens (including phenoxy) is 1. The summed E-state index contributed by atoms with van der Waals surface area (Å²) in [5.41, 5.74) is 0.927. The molecule has 1 aliphatic carbocycles. The Bertz CT molecular complexity index is 838. The van der Waals surface area contributed by atoms with Crippen molar-refractivity contribution < 1.29 is 23.9 Å². The monoisotopic (exact) mass is 426 g/mol. The minimum atomic E-state index is -1.04. The van der Waals surface area contributed by atoms with Crippen molar-refractivity contribution in [2.24, 2.45) is 17.8 Å².